The molecule has 0 radical (unpaired) electrons. The lowest BCUT2D eigenvalue weighted by atomic mass is 9.85. The Balaban J connectivity index is 5.63. The molecule has 0 heterocycles. The van der Waals surface area contributed by atoms with Gasteiger partial charge in [-0.25, -0.2) is 9.59 Å². The van der Waals surface area contributed by atoms with Crippen molar-refractivity contribution in [3.8, 4) is 0 Å². The van der Waals surface area contributed by atoms with E-state index in [4.69, 9.17) is 9.84 Å². The molecule has 27 heavy (non-hydrogen) atoms. The van der Waals surface area contributed by atoms with E-state index in [1.807, 2.05) is 20.8 Å². The van der Waals surface area contributed by atoms with Crippen LogP contribution in [0.25, 0.3) is 0 Å². The van der Waals surface area contributed by atoms with Crippen LogP contribution in [0.5, 0.6) is 0 Å². The Labute approximate surface area is 162 Å². The molecule has 0 fully saturated rings. The van der Waals surface area contributed by atoms with Gasteiger partial charge in [0.1, 0.15) is 11.6 Å². The van der Waals surface area contributed by atoms with Gasteiger partial charge in [0.25, 0.3) is 0 Å². The molecular formula is C20H34N2O5. The van der Waals surface area contributed by atoms with Crippen LogP contribution in [0.3, 0.4) is 0 Å². The van der Waals surface area contributed by atoms with E-state index < -0.39 is 35.2 Å². The second-order valence-corrected chi connectivity index (χ2v) is 8.64. The highest BCUT2D eigenvalue weighted by Gasteiger charge is 2.37. The van der Waals surface area contributed by atoms with Gasteiger partial charge < -0.3 is 20.1 Å². The van der Waals surface area contributed by atoms with Crippen LogP contribution in [0, 0.1) is 5.41 Å². The number of likely N-dealkylation sites (N-methyl/N-ethyl adjacent to an activating group) is 1. The van der Waals surface area contributed by atoms with E-state index >= 15 is 0 Å². The first kappa shape index (κ1) is 24.7. The largest absolute Gasteiger partial charge is 0.478 e. The fourth-order valence-corrected chi connectivity index (χ4v) is 2.31. The summed E-state index contributed by atoms with van der Waals surface area (Å²) in [6.07, 6.45) is 2.83. The van der Waals surface area contributed by atoms with Crippen molar-refractivity contribution in [2.24, 2.45) is 5.41 Å². The van der Waals surface area contributed by atoms with E-state index in [-0.39, 0.29) is 11.5 Å². The van der Waals surface area contributed by atoms with Crippen molar-refractivity contribution in [1.29, 1.82) is 0 Å². The van der Waals surface area contributed by atoms with E-state index in [1.165, 1.54) is 17.9 Å². The standard InChI is InChI=1S/C20H34N2O5/c1-10-11-14(12-13(2)17(24)25)22(9)16(23)15(19(3,4)5)21-18(26)27-20(6,7)8/h10,12,14-15H,1,11H2,2-9H3,(H,21,26)(H,24,25)/t14?,15-/m1/s1. The maximum atomic E-state index is 13.1. The van der Waals surface area contributed by atoms with Gasteiger partial charge >= 0.3 is 12.1 Å². The summed E-state index contributed by atoms with van der Waals surface area (Å²) < 4.78 is 5.27. The predicted molar refractivity (Wildman–Crippen MR) is 105 cm³/mol. The molecule has 0 aromatic carbocycles. The Kier molecular flexibility index (Phi) is 8.76. The van der Waals surface area contributed by atoms with Crippen LogP contribution in [-0.2, 0) is 14.3 Å². The lowest BCUT2D eigenvalue weighted by Crippen LogP contribution is -2.56. The molecule has 7 heteroatoms. The van der Waals surface area contributed by atoms with Crippen molar-refractivity contribution in [2.75, 3.05) is 7.05 Å². The van der Waals surface area contributed by atoms with Crippen molar-refractivity contribution >= 4 is 18.0 Å². The van der Waals surface area contributed by atoms with E-state index in [2.05, 4.69) is 11.9 Å². The number of carboxylic acid groups (broad SMARTS) is 1. The van der Waals surface area contributed by atoms with Gasteiger partial charge in [-0.15, -0.1) is 6.58 Å². The first-order chi connectivity index (χ1) is 12.1. The number of aliphatic carboxylic acids is 1. The minimum absolute atomic E-state index is 0.133. The minimum Gasteiger partial charge on any atom is -0.478 e. The van der Waals surface area contributed by atoms with E-state index in [9.17, 15) is 14.4 Å². The Bertz CT molecular complexity index is 596. The molecule has 0 aliphatic carbocycles. The minimum atomic E-state index is -1.05. The first-order valence-corrected chi connectivity index (χ1v) is 8.89. The first-order valence-electron chi connectivity index (χ1n) is 8.89. The van der Waals surface area contributed by atoms with Gasteiger partial charge in [0.2, 0.25) is 5.91 Å². The topological polar surface area (TPSA) is 95.9 Å². The number of ether oxygens (including phenoxy) is 1. The zero-order chi connectivity index (χ0) is 21.6. The summed E-state index contributed by atoms with van der Waals surface area (Å²) in [5, 5.41) is 11.8. The lowest BCUT2D eigenvalue weighted by molar-refractivity contribution is -0.136. The molecule has 154 valence electrons. The van der Waals surface area contributed by atoms with Crippen LogP contribution in [-0.4, -0.2) is 52.7 Å². The van der Waals surface area contributed by atoms with Crippen molar-refractivity contribution in [3.63, 3.8) is 0 Å². The quantitative estimate of drug-likeness (QED) is 0.520. The monoisotopic (exact) mass is 382 g/mol. The molecule has 1 unspecified atom stereocenters. The lowest BCUT2D eigenvalue weighted by Gasteiger charge is -2.36. The number of carbonyl (C=O) groups excluding carboxylic acids is 2. The van der Waals surface area contributed by atoms with Crippen LogP contribution >= 0.6 is 0 Å². The summed E-state index contributed by atoms with van der Waals surface area (Å²) in [5.41, 5.74) is -1.13. The summed E-state index contributed by atoms with van der Waals surface area (Å²) >= 11 is 0. The van der Waals surface area contributed by atoms with Crippen LogP contribution < -0.4 is 5.32 Å². The number of hydrogen-bond acceptors (Lipinski definition) is 4. The molecule has 0 saturated carbocycles. The van der Waals surface area contributed by atoms with E-state index in [0.29, 0.717) is 6.42 Å². The molecule has 2 atom stereocenters. The number of alkyl carbamates (subject to hydrolysis) is 1. The highest BCUT2D eigenvalue weighted by molar-refractivity contribution is 5.88. The van der Waals surface area contributed by atoms with E-state index in [0.717, 1.165) is 0 Å². The number of nitrogens with one attached hydrogen (secondary N) is 1. The number of carboxylic acids is 1. The normalized spacial score (nSPS) is 14.7. The maximum Gasteiger partial charge on any atom is 0.408 e. The fourth-order valence-electron chi connectivity index (χ4n) is 2.31. The molecule has 0 aliphatic heterocycles. The molecule has 2 amide bonds. The smallest absolute Gasteiger partial charge is 0.408 e. The SMILES string of the molecule is C=CCC(C=C(C)C(=O)O)N(C)C(=O)[C@@H](NC(=O)OC(C)(C)C)C(C)(C)C. The van der Waals surface area contributed by atoms with Crippen molar-refractivity contribution in [3.05, 3.63) is 24.3 Å². The van der Waals surface area contributed by atoms with Gasteiger partial charge in [-0.3, -0.25) is 4.79 Å². The van der Waals surface area contributed by atoms with Gasteiger partial charge in [-0.2, -0.15) is 0 Å². The molecule has 0 aromatic rings. The summed E-state index contributed by atoms with van der Waals surface area (Å²) in [6, 6.07) is -1.33. The second kappa shape index (κ2) is 9.58. The van der Waals surface area contributed by atoms with Gasteiger partial charge in [0, 0.05) is 12.6 Å². The van der Waals surface area contributed by atoms with Gasteiger partial charge in [0.05, 0.1) is 6.04 Å². The molecule has 0 aromatic heterocycles. The third kappa shape index (κ3) is 8.75. The Hall–Kier alpha value is -2.31. The third-order valence-electron chi connectivity index (χ3n) is 3.81. The Morgan fingerprint density at radius 1 is 1.19 bits per heavy atom. The predicted octanol–water partition coefficient (Wildman–Crippen LogP) is 3.36. The van der Waals surface area contributed by atoms with Crippen LogP contribution in [0.2, 0.25) is 0 Å². The summed E-state index contributed by atoms with van der Waals surface area (Å²) in [4.78, 5) is 37.9. The summed E-state index contributed by atoms with van der Waals surface area (Å²) in [6.45, 7) is 15.9. The zero-order valence-corrected chi connectivity index (χ0v) is 17.8. The molecule has 0 saturated heterocycles. The number of amides is 2. The molecule has 0 rings (SSSR count). The average molecular weight is 383 g/mol. The number of hydrogen-bond donors (Lipinski definition) is 2. The zero-order valence-electron chi connectivity index (χ0n) is 17.8. The molecule has 0 aliphatic rings. The molecule has 0 spiro atoms. The summed E-state index contributed by atoms with van der Waals surface area (Å²) in [7, 11) is 1.58. The van der Waals surface area contributed by atoms with Crippen LogP contribution in [0.15, 0.2) is 24.3 Å². The van der Waals surface area contributed by atoms with Crippen molar-refractivity contribution < 1.29 is 24.2 Å². The third-order valence-corrected chi connectivity index (χ3v) is 3.81. The highest BCUT2D eigenvalue weighted by atomic mass is 16.6. The van der Waals surface area contributed by atoms with Gasteiger partial charge in [0.15, 0.2) is 0 Å². The second-order valence-electron chi connectivity index (χ2n) is 8.64. The Morgan fingerprint density at radius 2 is 1.70 bits per heavy atom. The van der Waals surface area contributed by atoms with Crippen LogP contribution in [0.1, 0.15) is 54.9 Å². The van der Waals surface area contributed by atoms with Crippen molar-refractivity contribution in [1.82, 2.24) is 10.2 Å². The number of carbonyl (C=O) groups is 3. The highest BCUT2D eigenvalue weighted by Crippen LogP contribution is 2.23. The van der Waals surface area contributed by atoms with Gasteiger partial charge in [-0.1, -0.05) is 32.9 Å². The molecule has 2 N–H and O–H groups in total. The molecule has 0 bridgehead atoms. The van der Waals surface area contributed by atoms with Crippen molar-refractivity contribution in [2.45, 2.75) is 72.6 Å². The number of rotatable bonds is 7. The fraction of sp³-hybridized carbons (Fsp3) is 0.650. The molecule has 7 nitrogen and oxygen atoms in total. The molecular weight excluding hydrogens is 348 g/mol. The Morgan fingerprint density at radius 3 is 2.07 bits per heavy atom. The van der Waals surface area contributed by atoms with Crippen LogP contribution in [0.4, 0.5) is 4.79 Å². The summed E-state index contributed by atoms with van der Waals surface area (Å²) in [5.74, 6) is -1.39. The average Bonchev–Trinajstić information content (AvgIpc) is 2.47. The van der Waals surface area contributed by atoms with E-state index in [1.54, 1.807) is 33.9 Å². The van der Waals surface area contributed by atoms with Gasteiger partial charge in [-0.05, 0) is 39.5 Å². The number of nitrogens with zero attached hydrogens (tertiary/aromatic N) is 1. The maximum absolute atomic E-state index is 13.1.